The summed E-state index contributed by atoms with van der Waals surface area (Å²) in [5.74, 6) is 0.336. The Morgan fingerprint density at radius 2 is 1.77 bits per heavy atom. The van der Waals surface area contributed by atoms with Crippen molar-refractivity contribution in [1.82, 2.24) is 10.2 Å². The Morgan fingerprint density at radius 1 is 1.19 bits per heavy atom. The highest BCUT2D eigenvalue weighted by Crippen LogP contribution is 2.21. The molecule has 2 rings (SSSR count). The van der Waals surface area contributed by atoms with Crippen LogP contribution in [0.3, 0.4) is 0 Å². The number of nitrogens with one attached hydrogen (secondary N) is 1. The van der Waals surface area contributed by atoms with Gasteiger partial charge < -0.3 is 16.0 Å². The molecular formula is C20H32ClN3O2. The number of nitrogens with two attached hydrogens (primary N) is 1. The van der Waals surface area contributed by atoms with Crippen LogP contribution in [-0.2, 0) is 16.0 Å². The summed E-state index contributed by atoms with van der Waals surface area (Å²) in [5.41, 5.74) is 6.95. The fourth-order valence-corrected chi connectivity index (χ4v) is 3.11. The number of nitrogens with zero attached hydrogens (tertiary/aromatic N) is 1. The zero-order valence-electron chi connectivity index (χ0n) is 16.0. The molecule has 1 aliphatic heterocycles. The average molecular weight is 382 g/mol. The fraction of sp³-hybridized carbons (Fsp3) is 0.600. The van der Waals surface area contributed by atoms with Gasteiger partial charge in [-0.05, 0) is 36.2 Å². The van der Waals surface area contributed by atoms with Gasteiger partial charge in [-0.15, -0.1) is 12.4 Å². The lowest BCUT2D eigenvalue weighted by Gasteiger charge is -2.32. The zero-order chi connectivity index (χ0) is 18.4. The van der Waals surface area contributed by atoms with Crippen LogP contribution in [0, 0.1) is 11.3 Å². The van der Waals surface area contributed by atoms with Gasteiger partial charge >= 0.3 is 0 Å². The second-order valence-corrected chi connectivity index (χ2v) is 8.08. The Balaban J connectivity index is 0.00000338. The first kappa shape index (κ1) is 22.5. The van der Waals surface area contributed by atoms with Crippen LogP contribution in [0.1, 0.15) is 39.2 Å². The van der Waals surface area contributed by atoms with Gasteiger partial charge in [0.15, 0.2) is 0 Å². The highest BCUT2D eigenvalue weighted by Gasteiger charge is 2.28. The van der Waals surface area contributed by atoms with E-state index in [0.29, 0.717) is 5.92 Å². The summed E-state index contributed by atoms with van der Waals surface area (Å²) in [7, 11) is 0. The summed E-state index contributed by atoms with van der Waals surface area (Å²) >= 11 is 0. The summed E-state index contributed by atoms with van der Waals surface area (Å²) in [6.07, 6.45) is 3.09. The lowest BCUT2D eigenvalue weighted by Crippen LogP contribution is -2.51. The van der Waals surface area contributed by atoms with E-state index in [4.69, 9.17) is 5.73 Å². The summed E-state index contributed by atoms with van der Waals surface area (Å²) in [4.78, 5) is 26.2. The topological polar surface area (TPSA) is 75.4 Å². The predicted molar refractivity (Wildman–Crippen MR) is 107 cm³/mol. The van der Waals surface area contributed by atoms with Crippen molar-refractivity contribution in [2.75, 3.05) is 19.6 Å². The Hall–Kier alpha value is -1.59. The third-order valence-electron chi connectivity index (χ3n) is 4.96. The third kappa shape index (κ3) is 6.61. The number of likely N-dealkylation sites (tertiary alicyclic amines) is 1. The van der Waals surface area contributed by atoms with E-state index in [1.807, 2.05) is 31.7 Å². The Labute approximate surface area is 163 Å². The molecule has 1 aliphatic rings. The SMILES string of the molecule is CC(C)(C)[C@H](N)C(=O)NCC(=O)N1CCC(Cc2ccccc2)CC1.Cl. The van der Waals surface area contributed by atoms with E-state index < -0.39 is 6.04 Å². The maximum absolute atomic E-state index is 12.3. The molecule has 0 bridgehead atoms. The lowest BCUT2D eigenvalue weighted by atomic mass is 9.87. The van der Waals surface area contributed by atoms with Gasteiger partial charge in [0.05, 0.1) is 12.6 Å². The number of benzene rings is 1. The van der Waals surface area contributed by atoms with Crippen LogP contribution in [-0.4, -0.2) is 42.4 Å². The van der Waals surface area contributed by atoms with Gasteiger partial charge in [0.1, 0.15) is 0 Å². The Morgan fingerprint density at radius 3 is 2.31 bits per heavy atom. The zero-order valence-corrected chi connectivity index (χ0v) is 16.8. The van der Waals surface area contributed by atoms with Crippen molar-refractivity contribution in [3.8, 4) is 0 Å². The Kier molecular flexibility index (Phi) is 8.57. The first-order valence-electron chi connectivity index (χ1n) is 9.12. The molecule has 0 aromatic heterocycles. The summed E-state index contributed by atoms with van der Waals surface area (Å²) in [5, 5.41) is 2.68. The van der Waals surface area contributed by atoms with Crippen molar-refractivity contribution in [1.29, 1.82) is 0 Å². The lowest BCUT2D eigenvalue weighted by molar-refractivity contribution is -0.134. The minimum absolute atomic E-state index is 0. The van der Waals surface area contributed by atoms with E-state index in [1.54, 1.807) is 0 Å². The van der Waals surface area contributed by atoms with E-state index >= 15 is 0 Å². The van der Waals surface area contributed by atoms with Crippen LogP contribution in [0.15, 0.2) is 30.3 Å². The van der Waals surface area contributed by atoms with Crippen LogP contribution in [0.5, 0.6) is 0 Å². The van der Waals surface area contributed by atoms with Crippen LogP contribution in [0.2, 0.25) is 0 Å². The summed E-state index contributed by atoms with van der Waals surface area (Å²) in [6, 6.07) is 9.87. The molecule has 1 aromatic rings. The molecule has 0 aliphatic carbocycles. The van der Waals surface area contributed by atoms with E-state index in [1.165, 1.54) is 5.56 Å². The van der Waals surface area contributed by atoms with Crippen LogP contribution in [0.25, 0.3) is 0 Å². The molecule has 0 radical (unpaired) electrons. The van der Waals surface area contributed by atoms with Crippen LogP contribution in [0.4, 0.5) is 0 Å². The van der Waals surface area contributed by atoms with Gasteiger partial charge in [-0.2, -0.15) is 0 Å². The summed E-state index contributed by atoms with van der Waals surface area (Å²) in [6.45, 7) is 7.30. The number of piperidine rings is 1. The molecule has 6 heteroatoms. The molecular weight excluding hydrogens is 350 g/mol. The summed E-state index contributed by atoms with van der Waals surface area (Å²) < 4.78 is 0. The second kappa shape index (κ2) is 9.93. The molecule has 0 saturated carbocycles. The molecule has 2 amide bonds. The minimum atomic E-state index is -0.614. The number of halogens is 1. The van der Waals surface area contributed by atoms with Gasteiger partial charge in [-0.1, -0.05) is 51.1 Å². The number of carbonyl (C=O) groups excluding carboxylic acids is 2. The standard InChI is InChI=1S/C20H31N3O2.ClH/c1-20(2,3)18(21)19(25)22-14-17(24)23-11-9-16(10-12-23)13-15-7-5-4-6-8-15;/h4-8,16,18H,9-14,21H2,1-3H3,(H,22,25);1H/t18-;/m1./s1. The third-order valence-corrected chi connectivity index (χ3v) is 4.96. The first-order chi connectivity index (χ1) is 11.8. The van der Waals surface area contributed by atoms with Gasteiger partial charge in [0.25, 0.3) is 0 Å². The van der Waals surface area contributed by atoms with Crippen LogP contribution >= 0.6 is 12.4 Å². The van der Waals surface area contributed by atoms with E-state index in [-0.39, 0.29) is 36.2 Å². The molecule has 0 unspecified atom stereocenters. The number of hydrogen-bond acceptors (Lipinski definition) is 3. The molecule has 146 valence electrons. The molecule has 3 N–H and O–H groups in total. The van der Waals surface area contributed by atoms with Gasteiger partial charge in [0, 0.05) is 13.1 Å². The monoisotopic (exact) mass is 381 g/mol. The van der Waals surface area contributed by atoms with Crippen molar-refractivity contribution >= 4 is 24.2 Å². The predicted octanol–water partition coefficient (Wildman–Crippen LogP) is 2.38. The molecule has 1 atom stereocenters. The normalized spacial score (nSPS) is 16.5. The van der Waals surface area contributed by atoms with Gasteiger partial charge in [0.2, 0.25) is 11.8 Å². The van der Waals surface area contributed by atoms with Crippen molar-refractivity contribution in [3.05, 3.63) is 35.9 Å². The fourth-order valence-electron chi connectivity index (χ4n) is 3.11. The van der Waals surface area contributed by atoms with Gasteiger partial charge in [-0.3, -0.25) is 9.59 Å². The quantitative estimate of drug-likeness (QED) is 0.822. The van der Waals surface area contributed by atoms with Crippen molar-refractivity contribution < 1.29 is 9.59 Å². The highest BCUT2D eigenvalue weighted by molar-refractivity contribution is 5.87. The van der Waals surface area contributed by atoms with Gasteiger partial charge in [-0.25, -0.2) is 0 Å². The van der Waals surface area contributed by atoms with Crippen molar-refractivity contribution in [2.24, 2.45) is 17.1 Å². The maximum atomic E-state index is 12.3. The largest absolute Gasteiger partial charge is 0.346 e. The average Bonchev–Trinajstić information content (AvgIpc) is 2.59. The molecule has 0 spiro atoms. The van der Waals surface area contributed by atoms with Crippen molar-refractivity contribution in [2.45, 2.75) is 46.1 Å². The molecule has 1 saturated heterocycles. The number of rotatable bonds is 5. The van der Waals surface area contributed by atoms with Crippen LogP contribution < -0.4 is 11.1 Å². The molecule has 1 fully saturated rings. The van der Waals surface area contributed by atoms with E-state index in [9.17, 15) is 9.59 Å². The maximum Gasteiger partial charge on any atom is 0.241 e. The minimum Gasteiger partial charge on any atom is -0.346 e. The smallest absolute Gasteiger partial charge is 0.241 e. The van der Waals surface area contributed by atoms with E-state index in [2.05, 4.69) is 29.6 Å². The molecule has 5 nitrogen and oxygen atoms in total. The second-order valence-electron chi connectivity index (χ2n) is 8.08. The van der Waals surface area contributed by atoms with Crippen molar-refractivity contribution in [3.63, 3.8) is 0 Å². The number of carbonyl (C=O) groups is 2. The number of amides is 2. The molecule has 26 heavy (non-hydrogen) atoms. The van der Waals surface area contributed by atoms with E-state index in [0.717, 1.165) is 32.4 Å². The highest BCUT2D eigenvalue weighted by atomic mass is 35.5. The molecule has 1 heterocycles. The first-order valence-corrected chi connectivity index (χ1v) is 9.12. The Bertz CT molecular complexity index is 578. The number of hydrogen-bond donors (Lipinski definition) is 2. The molecule has 1 aromatic carbocycles.